The number of aromatic nitrogens is 2. The van der Waals surface area contributed by atoms with Crippen LogP contribution in [-0.4, -0.2) is 9.97 Å². The second kappa shape index (κ2) is 4.19. The molecule has 2 aromatic heterocycles. The summed E-state index contributed by atoms with van der Waals surface area (Å²) in [5, 5.41) is 0. The number of pyridine rings is 2. The Morgan fingerprint density at radius 2 is 1.86 bits per heavy atom. The lowest BCUT2D eigenvalue weighted by atomic mass is 10.2. The summed E-state index contributed by atoms with van der Waals surface area (Å²) in [7, 11) is 0. The van der Waals surface area contributed by atoms with E-state index in [1.807, 2.05) is 24.3 Å². The lowest BCUT2D eigenvalue weighted by molar-refractivity contribution is 1.23. The molecule has 0 fully saturated rings. The number of hydrogen-bond donors (Lipinski definition) is 0. The van der Waals surface area contributed by atoms with Crippen LogP contribution >= 0.6 is 31.9 Å². The first-order valence-corrected chi connectivity index (χ1v) is 5.58. The van der Waals surface area contributed by atoms with Crippen LogP contribution in [0.3, 0.4) is 0 Å². The van der Waals surface area contributed by atoms with Crippen LogP contribution in [0.2, 0.25) is 0 Å². The van der Waals surface area contributed by atoms with Crippen LogP contribution in [0.25, 0.3) is 11.4 Å². The summed E-state index contributed by atoms with van der Waals surface area (Å²) < 4.78 is 1.92. The normalized spacial score (nSPS) is 10.1. The third-order valence-corrected chi connectivity index (χ3v) is 2.84. The Morgan fingerprint density at radius 1 is 1.00 bits per heavy atom. The molecule has 2 nitrogen and oxygen atoms in total. The molecule has 0 aliphatic carbocycles. The highest BCUT2D eigenvalue weighted by molar-refractivity contribution is 9.10. The van der Waals surface area contributed by atoms with E-state index in [-0.39, 0.29) is 0 Å². The Morgan fingerprint density at radius 3 is 2.50 bits per heavy atom. The molecule has 14 heavy (non-hydrogen) atoms. The first-order chi connectivity index (χ1) is 6.77. The van der Waals surface area contributed by atoms with Crippen molar-refractivity contribution in [2.45, 2.75) is 0 Å². The monoisotopic (exact) mass is 312 g/mol. The highest BCUT2D eigenvalue weighted by Gasteiger charge is 2.04. The van der Waals surface area contributed by atoms with E-state index in [1.54, 1.807) is 12.4 Å². The van der Waals surface area contributed by atoms with Gasteiger partial charge < -0.3 is 0 Å². The van der Waals surface area contributed by atoms with E-state index in [0.29, 0.717) is 0 Å². The van der Waals surface area contributed by atoms with E-state index < -0.39 is 0 Å². The fourth-order valence-corrected chi connectivity index (χ4v) is 1.78. The van der Waals surface area contributed by atoms with E-state index in [2.05, 4.69) is 41.8 Å². The smallest absolute Gasteiger partial charge is 0.103 e. The van der Waals surface area contributed by atoms with Gasteiger partial charge in [-0.15, -0.1) is 0 Å². The average molecular weight is 314 g/mol. The molecule has 2 rings (SSSR count). The number of halogens is 2. The van der Waals surface area contributed by atoms with Gasteiger partial charge >= 0.3 is 0 Å². The van der Waals surface area contributed by atoms with Crippen molar-refractivity contribution in [2.24, 2.45) is 0 Å². The zero-order valence-corrected chi connectivity index (χ0v) is 10.3. The quantitative estimate of drug-likeness (QED) is 0.803. The molecule has 0 radical (unpaired) electrons. The summed E-state index contributed by atoms with van der Waals surface area (Å²) in [6.07, 6.45) is 3.51. The van der Waals surface area contributed by atoms with Crippen molar-refractivity contribution in [2.75, 3.05) is 0 Å². The molecule has 0 aliphatic heterocycles. The summed E-state index contributed by atoms with van der Waals surface area (Å²) in [5.74, 6) is 0. The Balaban J connectivity index is 2.50. The molecule has 0 saturated heterocycles. The standard InChI is InChI=1S/C10H6Br2N2/c11-7-3-4-9(14-6-7)10-8(12)2-1-5-13-10/h1-6H. The molecule has 70 valence electrons. The molecule has 0 aliphatic rings. The van der Waals surface area contributed by atoms with Crippen LogP contribution in [-0.2, 0) is 0 Å². The van der Waals surface area contributed by atoms with Crippen LogP contribution < -0.4 is 0 Å². The molecular weight excluding hydrogens is 308 g/mol. The highest BCUT2D eigenvalue weighted by atomic mass is 79.9. The zero-order chi connectivity index (χ0) is 9.97. The van der Waals surface area contributed by atoms with Crippen LogP contribution in [0.5, 0.6) is 0 Å². The van der Waals surface area contributed by atoms with Gasteiger partial charge in [0.2, 0.25) is 0 Å². The van der Waals surface area contributed by atoms with Gasteiger partial charge in [0.1, 0.15) is 5.69 Å². The number of rotatable bonds is 1. The van der Waals surface area contributed by atoms with Gasteiger partial charge in [-0.2, -0.15) is 0 Å². The largest absolute Gasteiger partial charge is 0.253 e. The highest BCUT2D eigenvalue weighted by Crippen LogP contribution is 2.24. The van der Waals surface area contributed by atoms with Gasteiger partial charge in [0.15, 0.2) is 0 Å². The molecule has 0 bridgehead atoms. The fraction of sp³-hybridized carbons (Fsp3) is 0. The first-order valence-electron chi connectivity index (χ1n) is 4.00. The third-order valence-electron chi connectivity index (χ3n) is 1.73. The van der Waals surface area contributed by atoms with Crippen molar-refractivity contribution >= 4 is 31.9 Å². The molecule has 2 aromatic rings. The van der Waals surface area contributed by atoms with Gasteiger partial charge in [0.25, 0.3) is 0 Å². The van der Waals surface area contributed by atoms with Crippen molar-refractivity contribution in [1.82, 2.24) is 9.97 Å². The van der Waals surface area contributed by atoms with Crippen molar-refractivity contribution in [3.63, 3.8) is 0 Å². The molecule has 4 heteroatoms. The van der Waals surface area contributed by atoms with Gasteiger partial charge in [-0.05, 0) is 56.1 Å². The Bertz CT molecular complexity index is 440. The molecule has 0 saturated carbocycles. The van der Waals surface area contributed by atoms with Gasteiger partial charge in [0.05, 0.1) is 5.69 Å². The summed E-state index contributed by atoms with van der Waals surface area (Å²) in [5.41, 5.74) is 1.72. The van der Waals surface area contributed by atoms with E-state index in [0.717, 1.165) is 20.3 Å². The maximum absolute atomic E-state index is 4.27. The van der Waals surface area contributed by atoms with Gasteiger partial charge in [-0.1, -0.05) is 0 Å². The van der Waals surface area contributed by atoms with E-state index in [4.69, 9.17) is 0 Å². The summed E-state index contributed by atoms with van der Waals surface area (Å²) >= 11 is 6.78. The average Bonchev–Trinajstić information content (AvgIpc) is 2.20. The van der Waals surface area contributed by atoms with E-state index >= 15 is 0 Å². The predicted molar refractivity (Wildman–Crippen MR) is 62.9 cm³/mol. The van der Waals surface area contributed by atoms with Crippen molar-refractivity contribution < 1.29 is 0 Å². The minimum absolute atomic E-state index is 0.861. The van der Waals surface area contributed by atoms with Gasteiger partial charge in [-0.3, -0.25) is 9.97 Å². The summed E-state index contributed by atoms with van der Waals surface area (Å²) in [6, 6.07) is 7.71. The minimum Gasteiger partial charge on any atom is -0.253 e. The van der Waals surface area contributed by atoms with Gasteiger partial charge in [0, 0.05) is 21.3 Å². The fourth-order valence-electron chi connectivity index (χ4n) is 1.09. The summed E-state index contributed by atoms with van der Waals surface area (Å²) in [4.78, 5) is 8.52. The second-order valence-electron chi connectivity index (χ2n) is 2.70. The third kappa shape index (κ3) is 2.01. The van der Waals surface area contributed by atoms with Crippen molar-refractivity contribution in [1.29, 1.82) is 0 Å². The molecule has 0 N–H and O–H groups in total. The molecule has 0 spiro atoms. The lowest BCUT2D eigenvalue weighted by Crippen LogP contribution is -1.87. The lowest BCUT2D eigenvalue weighted by Gasteiger charge is -2.01. The topological polar surface area (TPSA) is 25.8 Å². The number of hydrogen-bond acceptors (Lipinski definition) is 2. The van der Waals surface area contributed by atoms with Crippen LogP contribution in [0, 0.1) is 0 Å². The zero-order valence-electron chi connectivity index (χ0n) is 7.11. The molecule has 0 aromatic carbocycles. The SMILES string of the molecule is Brc1ccc(-c2ncccc2Br)nc1. The molecule has 2 heterocycles. The number of nitrogens with zero attached hydrogens (tertiary/aromatic N) is 2. The van der Waals surface area contributed by atoms with E-state index in [1.165, 1.54) is 0 Å². The molecule has 0 atom stereocenters. The van der Waals surface area contributed by atoms with E-state index in [9.17, 15) is 0 Å². The van der Waals surface area contributed by atoms with Crippen molar-refractivity contribution in [3.8, 4) is 11.4 Å². The van der Waals surface area contributed by atoms with Crippen LogP contribution in [0.15, 0.2) is 45.6 Å². The predicted octanol–water partition coefficient (Wildman–Crippen LogP) is 3.67. The Labute approximate surface area is 98.7 Å². The van der Waals surface area contributed by atoms with Crippen LogP contribution in [0.1, 0.15) is 0 Å². The van der Waals surface area contributed by atoms with Crippen LogP contribution in [0.4, 0.5) is 0 Å². The summed E-state index contributed by atoms with van der Waals surface area (Å²) in [6.45, 7) is 0. The Kier molecular flexibility index (Phi) is 2.93. The minimum atomic E-state index is 0.861. The van der Waals surface area contributed by atoms with Crippen molar-refractivity contribution in [3.05, 3.63) is 45.6 Å². The molecule has 0 amide bonds. The second-order valence-corrected chi connectivity index (χ2v) is 4.47. The first kappa shape index (κ1) is 9.80. The van der Waals surface area contributed by atoms with Gasteiger partial charge in [-0.25, -0.2) is 0 Å². The molecular formula is C10H6Br2N2. The maximum Gasteiger partial charge on any atom is 0.103 e. The molecule has 0 unspecified atom stereocenters. The Hall–Kier alpha value is -0.740. The maximum atomic E-state index is 4.27.